The highest BCUT2D eigenvalue weighted by Crippen LogP contribution is 2.19. The molecule has 8 heteroatoms. The van der Waals surface area contributed by atoms with E-state index in [-0.39, 0.29) is 5.91 Å². The third kappa shape index (κ3) is 3.91. The van der Waals surface area contributed by atoms with Crippen molar-refractivity contribution in [3.8, 4) is 5.69 Å². The van der Waals surface area contributed by atoms with E-state index in [9.17, 15) is 4.79 Å². The fourth-order valence-electron chi connectivity index (χ4n) is 3.19. The first kappa shape index (κ1) is 17.8. The Balaban J connectivity index is 1.39. The molecule has 0 radical (unpaired) electrons. The molecule has 0 bridgehead atoms. The molecule has 1 saturated heterocycles. The Morgan fingerprint density at radius 2 is 1.67 bits per heavy atom. The van der Waals surface area contributed by atoms with Crippen LogP contribution < -0.4 is 0 Å². The summed E-state index contributed by atoms with van der Waals surface area (Å²) in [5, 5.41) is 12.1. The summed E-state index contributed by atoms with van der Waals surface area (Å²) in [6, 6.07) is 17.4. The largest absolute Gasteiger partial charge is 0.336 e. The Bertz CT molecular complexity index is 921. The maximum Gasteiger partial charge on any atom is 0.255 e. The number of para-hydroxylation sites is 1. The maximum absolute atomic E-state index is 12.7. The van der Waals surface area contributed by atoms with Crippen LogP contribution >= 0.6 is 15.9 Å². The van der Waals surface area contributed by atoms with E-state index in [1.54, 1.807) is 4.68 Å². The van der Waals surface area contributed by atoms with Gasteiger partial charge < -0.3 is 4.90 Å². The van der Waals surface area contributed by atoms with Crippen molar-refractivity contribution < 1.29 is 4.79 Å². The highest BCUT2D eigenvalue weighted by molar-refractivity contribution is 9.10. The molecule has 0 aliphatic carbocycles. The second-order valence-corrected chi connectivity index (χ2v) is 7.24. The molecule has 0 spiro atoms. The summed E-state index contributed by atoms with van der Waals surface area (Å²) in [4.78, 5) is 16.9. The average molecular weight is 427 g/mol. The molecular weight excluding hydrogens is 408 g/mol. The van der Waals surface area contributed by atoms with Crippen molar-refractivity contribution in [2.24, 2.45) is 0 Å². The summed E-state index contributed by atoms with van der Waals surface area (Å²) >= 11 is 3.46. The van der Waals surface area contributed by atoms with Crippen LogP contribution in [-0.4, -0.2) is 62.1 Å². The quantitative estimate of drug-likeness (QED) is 0.640. The molecule has 4 rings (SSSR count). The van der Waals surface area contributed by atoms with Crippen LogP contribution in [0.1, 0.15) is 16.2 Å². The number of benzene rings is 2. The Morgan fingerprint density at radius 1 is 0.963 bits per heavy atom. The van der Waals surface area contributed by atoms with Crippen LogP contribution in [0.25, 0.3) is 5.69 Å². The van der Waals surface area contributed by atoms with Gasteiger partial charge >= 0.3 is 0 Å². The number of tetrazole rings is 1. The number of piperazine rings is 1. The Hall–Kier alpha value is -2.58. The minimum absolute atomic E-state index is 0.0660. The van der Waals surface area contributed by atoms with Crippen LogP contribution in [0.3, 0.4) is 0 Å². The average Bonchev–Trinajstić information content (AvgIpc) is 3.17. The molecule has 1 amide bonds. The van der Waals surface area contributed by atoms with E-state index in [4.69, 9.17) is 0 Å². The van der Waals surface area contributed by atoms with Gasteiger partial charge in [-0.05, 0) is 50.6 Å². The Labute approximate surface area is 165 Å². The fourth-order valence-corrected chi connectivity index (χ4v) is 3.64. The third-order valence-corrected chi connectivity index (χ3v) is 5.36. The van der Waals surface area contributed by atoms with Gasteiger partial charge in [-0.15, -0.1) is 5.10 Å². The van der Waals surface area contributed by atoms with Crippen LogP contribution in [-0.2, 0) is 6.54 Å². The SMILES string of the molecule is O=C(c1ccccc1Br)N1CCN(Cc2nnnn2-c2ccccc2)CC1. The van der Waals surface area contributed by atoms with Gasteiger partial charge in [0, 0.05) is 30.7 Å². The monoisotopic (exact) mass is 426 g/mol. The predicted molar refractivity (Wildman–Crippen MR) is 104 cm³/mol. The van der Waals surface area contributed by atoms with E-state index < -0.39 is 0 Å². The summed E-state index contributed by atoms with van der Waals surface area (Å²) < 4.78 is 2.60. The van der Waals surface area contributed by atoms with E-state index in [0.29, 0.717) is 25.2 Å². The second-order valence-electron chi connectivity index (χ2n) is 6.39. The highest BCUT2D eigenvalue weighted by atomic mass is 79.9. The summed E-state index contributed by atoms with van der Waals surface area (Å²) in [7, 11) is 0. The van der Waals surface area contributed by atoms with Gasteiger partial charge in [-0.2, -0.15) is 4.68 Å². The number of aromatic nitrogens is 4. The Morgan fingerprint density at radius 3 is 2.41 bits per heavy atom. The lowest BCUT2D eigenvalue weighted by Gasteiger charge is -2.34. The Kier molecular flexibility index (Phi) is 5.26. The van der Waals surface area contributed by atoms with E-state index in [1.807, 2.05) is 59.5 Å². The van der Waals surface area contributed by atoms with Crippen LogP contribution in [0.2, 0.25) is 0 Å². The zero-order valence-corrected chi connectivity index (χ0v) is 16.3. The lowest BCUT2D eigenvalue weighted by molar-refractivity contribution is 0.0623. The molecule has 27 heavy (non-hydrogen) atoms. The normalized spacial score (nSPS) is 15.1. The molecule has 0 unspecified atom stereocenters. The molecule has 2 aromatic carbocycles. The molecule has 2 heterocycles. The molecule has 1 aromatic heterocycles. The van der Waals surface area contributed by atoms with Crippen LogP contribution in [0.5, 0.6) is 0 Å². The zero-order valence-electron chi connectivity index (χ0n) is 14.7. The summed E-state index contributed by atoms with van der Waals surface area (Å²) in [6.07, 6.45) is 0. The van der Waals surface area contributed by atoms with E-state index >= 15 is 0 Å². The number of carbonyl (C=O) groups is 1. The minimum Gasteiger partial charge on any atom is -0.336 e. The van der Waals surface area contributed by atoms with Crippen molar-refractivity contribution in [3.63, 3.8) is 0 Å². The number of halogens is 1. The van der Waals surface area contributed by atoms with Crippen molar-refractivity contribution in [3.05, 3.63) is 70.5 Å². The molecule has 0 atom stereocenters. The standard InChI is InChI=1S/C19H19BrN6O/c20-17-9-5-4-8-16(17)19(27)25-12-10-24(11-13-25)14-18-21-22-23-26(18)15-6-2-1-3-7-15/h1-9H,10-14H2. The molecule has 0 N–H and O–H groups in total. The van der Waals surface area contributed by atoms with Gasteiger partial charge in [0.2, 0.25) is 0 Å². The summed E-state index contributed by atoms with van der Waals surface area (Å²) in [5.41, 5.74) is 1.65. The molecular formula is C19H19BrN6O. The van der Waals surface area contributed by atoms with Gasteiger partial charge in [0.15, 0.2) is 5.82 Å². The van der Waals surface area contributed by atoms with Crippen molar-refractivity contribution in [1.82, 2.24) is 30.0 Å². The number of rotatable bonds is 4. The molecule has 1 fully saturated rings. The zero-order chi connectivity index (χ0) is 18.6. The summed E-state index contributed by atoms with van der Waals surface area (Å²) in [5.74, 6) is 0.864. The topological polar surface area (TPSA) is 67.2 Å². The first-order valence-electron chi connectivity index (χ1n) is 8.81. The lowest BCUT2D eigenvalue weighted by atomic mass is 10.2. The summed E-state index contributed by atoms with van der Waals surface area (Å²) in [6.45, 7) is 3.61. The van der Waals surface area contributed by atoms with Gasteiger partial charge in [-0.1, -0.05) is 30.3 Å². The molecule has 3 aromatic rings. The molecule has 1 aliphatic heterocycles. The number of hydrogen-bond acceptors (Lipinski definition) is 5. The molecule has 138 valence electrons. The van der Waals surface area contributed by atoms with Crippen LogP contribution in [0.15, 0.2) is 59.1 Å². The van der Waals surface area contributed by atoms with Crippen molar-refractivity contribution in [2.45, 2.75) is 6.54 Å². The number of nitrogens with zero attached hydrogens (tertiary/aromatic N) is 6. The van der Waals surface area contributed by atoms with Gasteiger partial charge in [-0.3, -0.25) is 9.69 Å². The van der Waals surface area contributed by atoms with Gasteiger partial charge in [0.05, 0.1) is 17.8 Å². The maximum atomic E-state index is 12.7. The third-order valence-electron chi connectivity index (χ3n) is 4.66. The van der Waals surface area contributed by atoms with Gasteiger partial charge in [0.1, 0.15) is 0 Å². The second kappa shape index (κ2) is 7.98. The van der Waals surface area contributed by atoms with Crippen LogP contribution in [0, 0.1) is 0 Å². The predicted octanol–water partition coefficient (Wildman–Crippen LogP) is 2.38. The van der Waals surface area contributed by atoms with Crippen molar-refractivity contribution >= 4 is 21.8 Å². The smallest absolute Gasteiger partial charge is 0.255 e. The fraction of sp³-hybridized carbons (Fsp3) is 0.263. The van der Waals surface area contributed by atoms with Crippen molar-refractivity contribution in [2.75, 3.05) is 26.2 Å². The van der Waals surface area contributed by atoms with Crippen molar-refractivity contribution in [1.29, 1.82) is 0 Å². The first-order chi connectivity index (χ1) is 13.2. The van der Waals surface area contributed by atoms with E-state index in [2.05, 4.69) is 36.4 Å². The number of amides is 1. The molecule has 7 nitrogen and oxygen atoms in total. The lowest BCUT2D eigenvalue weighted by Crippen LogP contribution is -2.48. The number of carbonyl (C=O) groups excluding carboxylic acids is 1. The van der Waals surface area contributed by atoms with Gasteiger partial charge in [0.25, 0.3) is 5.91 Å². The van der Waals surface area contributed by atoms with Crippen LogP contribution in [0.4, 0.5) is 0 Å². The highest BCUT2D eigenvalue weighted by Gasteiger charge is 2.24. The molecule has 1 aliphatic rings. The number of hydrogen-bond donors (Lipinski definition) is 0. The van der Waals surface area contributed by atoms with Gasteiger partial charge in [-0.25, -0.2) is 0 Å². The first-order valence-corrected chi connectivity index (χ1v) is 9.60. The minimum atomic E-state index is 0.0660. The van der Waals surface area contributed by atoms with E-state index in [0.717, 1.165) is 29.1 Å². The van der Waals surface area contributed by atoms with E-state index in [1.165, 1.54) is 0 Å². The molecule has 0 saturated carbocycles.